The van der Waals surface area contributed by atoms with Gasteiger partial charge in [0.15, 0.2) is 14.9 Å². The molecule has 0 unspecified atom stereocenters. The monoisotopic (exact) mass is 328 g/mol. The zero-order valence-electron chi connectivity index (χ0n) is 13.0. The summed E-state index contributed by atoms with van der Waals surface area (Å²) < 4.78 is 31.1. The maximum atomic E-state index is 11.9. The van der Waals surface area contributed by atoms with Gasteiger partial charge in [-0.3, -0.25) is 9.58 Å². The maximum absolute atomic E-state index is 11.9. The van der Waals surface area contributed by atoms with Gasteiger partial charge in [0.1, 0.15) is 0 Å². The Kier molecular flexibility index (Phi) is 4.82. The first-order chi connectivity index (χ1) is 10.6. The molecule has 1 aromatic rings. The van der Waals surface area contributed by atoms with E-state index in [1.165, 1.54) is 6.26 Å². The van der Waals surface area contributed by atoms with Crippen LogP contribution in [0.3, 0.4) is 0 Å². The Balaban J connectivity index is 1.69. The van der Waals surface area contributed by atoms with Crippen LogP contribution in [0.25, 0.3) is 0 Å². The number of sulfone groups is 1. The number of rotatable bonds is 5. The fraction of sp³-hybridized carbons (Fsp3) is 0.786. The van der Waals surface area contributed by atoms with Gasteiger partial charge < -0.3 is 10.1 Å². The lowest BCUT2D eigenvalue weighted by atomic mass is 10.1. The van der Waals surface area contributed by atoms with E-state index in [0.29, 0.717) is 6.54 Å². The van der Waals surface area contributed by atoms with Crippen molar-refractivity contribution in [2.45, 2.75) is 31.0 Å². The van der Waals surface area contributed by atoms with Crippen LogP contribution < -0.4 is 5.32 Å². The third-order valence-corrected chi connectivity index (χ3v) is 5.30. The Morgan fingerprint density at radius 2 is 2.05 bits per heavy atom. The van der Waals surface area contributed by atoms with Crippen LogP contribution in [0.2, 0.25) is 0 Å². The number of hydrogen-bond donors (Lipinski definition) is 1. The molecule has 0 amide bonds. The molecule has 0 bridgehead atoms. The molecule has 0 saturated carbocycles. The second-order valence-electron chi connectivity index (χ2n) is 5.96. The van der Waals surface area contributed by atoms with E-state index in [1.54, 1.807) is 0 Å². The van der Waals surface area contributed by atoms with Gasteiger partial charge in [0, 0.05) is 63.2 Å². The summed E-state index contributed by atoms with van der Waals surface area (Å²) in [5.41, 5.74) is 1.95. The molecule has 1 fully saturated rings. The van der Waals surface area contributed by atoms with Crippen molar-refractivity contribution < 1.29 is 13.2 Å². The van der Waals surface area contributed by atoms with Crippen molar-refractivity contribution in [3.8, 4) is 0 Å². The average Bonchev–Trinajstić information content (AvgIpc) is 2.88. The van der Waals surface area contributed by atoms with Crippen LogP contribution in [0.15, 0.2) is 5.03 Å². The molecule has 124 valence electrons. The summed E-state index contributed by atoms with van der Waals surface area (Å²) in [4.78, 5) is 2.39. The second-order valence-corrected chi connectivity index (χ2v) is 7.89. The van der Waals surface area contributed by atoms with Gasteiger partial charge in [-0.25, -0.2) is 8.42 Å². The van der Waals surface area contributed by atoms with Gasteiger partial charge >= 0.3 is 0 Å². The summed E-state index contributed by atoms with van der Waals surface area (Å²) in [5, 5.41) is 7.88. The number of morpholine rings is 1. The van der Waals surface area contributed by atoms with Gasteiger partial charge in [-0.05, 0) is 6.42 Å². The summed E-state index contributed by atoms with van der Waals surface area (Å²) in [6, 6.07) is 0. The van der Waals surface area contributed by atoms with Crippen LogP contribution >= 0.6 is 0 Å². The highest BCUT2D eigenvalue weighted by molar-refractivity contribution is 7.90. The number of aromatic nitrogens is 2. The van der Waals surface area contributed by atoms with Gasteiger partial charge in [0.05, 0.1) is 13.2 Å². The average molecular weight is 328 g/mol. The highest BCUT2D eigenvalue weighted by atomic mass is 32.2. The molecule has 0 aromatic carbocycles. The number of nitrogens with one attached hydrogen (secondary N) is 1. The highest BCUT2D eigenvalue weighted by Crippen LogP contribution is 2.22. The minimum Gasteiger partial charge on any atom is -0.379 e. The molecule has 22 heavy (non-hydrogen) atoms. The second kappa shape index (κ2) is 6.66. The maximum Gasteiger partial charge on any atom is 0.194 e. The first-order valence-electron chi connectivity index (χ1n) is 7.85. The van der Waals surface area contributed by atoms with Crippen LogP contribution in [-0.2, 0) is 34.1 Å². The Morgan fingerprint density at radius 3 is 2.77 bits per heavy atom. The molecule has 0 atom stereocenters. The molecule has 1 saturated heterocycles. The zero-order chi connectivity index (χ0) is 15.6. The van der Waals surface area contributed by atoms with Crippen LogP contribution in [0.1, 0.15) is 17.7 Å². The van der Waals surface area contributed by atoms with Crippen molar-refractivity contribution in [2.75, 3.05) is 45.6 Å². The van der Waals surface area contributed by atoms with Gasteiger partial charge in [-0.1, -0.05) is 0 Å². The van der Waals surface area contributed by atoms with Crippen LogP contribution in [0, 0.1) is 0 Å². The molecule has 2 aliphatic heterocycles. The summed E-state index contributed by atoms with van der Waals surface area (Å²) in [5.74, 6) is 0. The minimum absolute atomic E-state index is 0.251. The van der Waals surface area contributed by atoms with E-state index >= 15 is 0 Å². The molecule has 7 nitrogen and oxygen atoms in total. The Bertz CT molecular complexity index is 620. The Labute approximate surface area is 131 Å². The van der Waals surface area contributed by atoms with E-state index < -0.39 is 9.84 Å². The molecule has 0 aliphatic carbocycles. The SMILES string of the molecule is CS(=O)(=O)c1nn(CCCN2CCOCC2)c2c1CNCC2. The van der Waals surface area contributed by atoms with Gasteiger partial charge in [-0.2, -0.15) is 5.10 Å². The van der Waals surface area contributed by atoms with Crippen molar-refractivity contribution in [3.05, 3.63) is 11.3 Å². The number of ether oxygens (including phenoxy) is 1. The number of aryl methyl sites for hydroxylation is 1. The normalized spacial score (nSPS) is 20.0. The van der Waals surface area contributed by atoms with Gasteiger partial charge in [0.25, 0.3) is 0 Å². The van der Waals surface area contributed by atoms with Crippen molar-refractivity contribution in [2.24, 2.45) is 0 Å². The molecular weight excluding hydrogens is 304 g/mol. The lowest BCUT2D eigenvalue weighted by Gasteiger charge is -2.26. The predicted octanol–water partition coefficient (Wildman–Crippen LogP) is -0.345. The van der Waals surface area contributed by atoms with Crippen LogP contribution in [0.4, 0.5) is 0 Å². The Morgan fingerprint density at radius 1 is 1.27 bits per heavy atom. The zero-order valence-corrected chi connectivity index (χ0v) is 13.9. The van der Waals surface area contributed by atoms with E-state index in [2.05, 4.69) is 15.3 Å². The van der Waals surface area contributed by atoms with Crippen molar-refractivity contribution >= 4 is 9.84 Å². The van der Waals surface area contributed by atoms with Gasteiger partial charge in [-0.15, -0.1) is 0 Å². The number of nitrogens with zero attached hydrogens (tertiary/aromatic N) is 3. The largest absolute Gasteiger partial charge is 0.379 e. The van der Waals surface area contributed by atoms with Crippen molar-refractivity contribution in [3.63, 3.8) is 0 Å². The van der Waals surface area contributed by atoms with E-state index in [0.717, 1.165) is 70.0 Å². The smallest absolute Gasteiger partial charge is 0.194 e. The first-order valence-corrected chi connectivity index (χ1v) is 9.74. The lowest BCUT2D eigenvalue weighted by Crippen LogP contribution is -2.37. The molecule has 0 spiro atoms. The third-order valence-electron chi connectivity index (χ3n) is 4.27. The fourth-order valence-corrected chi connectivity index (χ4v) is 4.02. The van der Waals surface area contributed by atoms with E-state index in [1.807, 2.05) is 4.68 Å². The standard InChI is InChI=1S/C14H24N4O3S/c1-22(19,20)14-12-11-15-4-3-13(12)18(16-14)6-2-5-17-7-9-21-10-8-17/h15H,2-11H2,1H3. The molecule has 1 N–H and O–H groups in total. The topological polar surface area (TPSA) is 76.5 Å². The fourth-order valence-electron chi connectivity index (χ4n) is 3.14. The summed E-state index contributed by atoms with van der Waals surface area (Å²) in [6.07, 6.45) is 3.06. The molecule has 8 heteroatoms. The predicted molar refractivity (Wildman–Crippen MR) is 82.6 cm³/mol. The molecule has 3 rings (SSSR count). The molecular formula is C14H24N4O3S. The van der Waals surface area contributed by atoms with E-state index in [-0.39, 0.29) is 5.03 Å². The summed E-state index contributed by atoms with van der Waals surface area (Å²) in [7, 11) is -3.27. The quantitative estimate of drug-likeness (QED) is 0.796. The summed E-state index contributed by atoms with van der Waals surface area (Å²) in [6.45, 7) is 6.83. The summed E-state index contributed by atoms with van der Waals surface area (Å²) >= 11 is 0. The number of fused-ring (bicyclic) bond motifs is 1. The number of hydrogen-bond acceptors (Lipinski definition) is 6. The van der Waals surface area contributed by atoms with Crippen LogP contribution in [0.5, 0.6) is 0 Å². The Hall–Kier alpha value is -0.960. The highest BCUT2D eigenvalue weighted by Gasteiger charge is 2.26. The molecule has 1 aromatic heterocycles. The molecule has 0 radical (unpaired) electrons. The molecule has 3 heterocycles. The third kappa shape index (κ3) is 3.51. The van der Waals surface area contributed by atoms with E-state index in [9.17, 15) is 8.42 Å². The van der Waals surface area contributed by atoms with Crippen molar-refractivity contribution in [1.82, 2.24) is 20.0 Å². The van der Waals surface area contributed by atoms with Crippen LogP contribution in [-0.4, -0.2) is 68.7 Å². The van der Waals surface area contributed by atoms with E-state index in [4.69, 9.17) is 4.74 Å². The minimum atomic E-state index is -3.27. The van der Waals surface area contributed by atoms with Crippen molar-refractivity contribution in [1.29, 1.82) is 0 Å². The lowest BCUT2D eigenvalue weighted by molar-refractivity contribution is 0.0368. The molecule has 2 aliphatic rings. The van der Waals surface area contributed by atoms with Gasteiger partial charge in [0.2, 0.25) is 0 Å². The first kappa shape index (κ1) is 15.9.